The molecular weight excluding hydrogens is 282 g/mol. The number of quaternary nitrogens is 1. The van der Waals surface area contributed by atoms with Gasteiger partial charge >= 0.3 is 0 Å². The molecule has 1 aromatic carbocycles. The molecule has 0 heterocycles. The zero-order valence-electron chi connectivity index (χ0n) is 13.6. The van der Waals surface area contributed by atoms with Gasteiger partial charge in [0.2, 0.25) is 0 Å². The number of aryl methyl sites for hydroxylation is 2. The van der Waals surface area contributed by atoms with E-state index in [1.54, 1.807) is 0 Å². The maximum absolute atomic E-state index is 5.75. The van der Waals surface area contributed by atoms with Crippen molar-refractivity contribution in [2.24, 2.45) is 0 Å². The fourth-order valence-corrected chi connectivity index (χ4v) is 2.20. The first-order chi connectivity index (χ1) is 9.99. The summed E-state index contributed by atoms with van der Waals surface area (Å²) in [7, 11) is 4.31. The van der Waals surface area contributed by atoms with Gasteiger partial charge in [0, 0.05) is 13.0 Å². The van der Waals surface area contributed by atoms with E-state index in [1.807, 2.05) is 6.07 Å². The van der Waals surface area contributed by atoms with Gasteiger partial charge in [0.05, 0.1) is 27.2 Å². The van der Waals surface area contributed by atoms with Crippen LogP contribution >= 0.6 is 12.2 Å². The van der Waals surface area contributed by atoms with E-state index in [4.69, 9.17) is 17.0 Å². The SMILES string of the molecule is Cc1ccc(OCCNC(=S)NCCC[NH+](C)C)c(C)c1. The average molecular weight is 310 g/mol. The highest BCUT2D eigenvalue weighted by Crippen LogP contribution is 2.18. The molecule has 0 atom stereocenters. The number of ether oxygens (including phenoxy) is 1. The van der Waals surface area contributed by atoms with Gasteiger partial charge in [-0.2, -0.15) is 0 Å². The monoisotopic (exact) mass is 310 g/mol. The summed E-state index contributed by atoms with van der Waals surface area (Å²) in [4.78, 5) is 1.46. The van der Waals surface area contributed by atoms with Crippen molar-refractivity contribution in [2.75, 3.05) is 40.3 Å². The van der Waals surface area contributed by atoms with E-state index in [1.165, 1.54) is 16.0 Å². The third-order valence-electron chi connectivity index (χ3n) is 3.11. The van der Waals surface area contributed by atoms with Gasteiger partial charge in [-0.1, -0.05) is 17.7 Å². The number of hydrogen-bond donors (Lipinski definition) is 3. The topological polar surface area (TPSA) is 37.7 Å². The van der Waals surface area contributed by atoms with Gasteiger partial charge in [-0.25, -0.2) is 0 Å². The molecule has 1 aromatic rings. The van der Waals surface area contributed by atoms with Crippen molar-refractivity contribution < 1.29 is 9.64 Å². The lowest BCUT2D eigenvalue weighted by Crippen LogP contribution is -3.05. The van der Waals surface area contributed by atoms with Crippen LogP contribution in [0.4, 0.5) is 0 Å². The average Bonchev–Trinajstić information content (AvgIpc) is 2.41. The van der Waals surface area contributed by atoms with E-state index in [0.29, 0.717) is 18.3 Å². The van der Waals surface area contributed by atoms with Gasteiger partial charge in [0.15, 0.2) is 5.11 Å². The van der Waals surface area contributed by atoms with Gasteiger partial charge < -0.3 is 20.3 Å². The van der Waals surface area contributed by atoms with Crippen molar-refractivity contribution in [3.63, 3.8) is 0 Å². The third kappa shape index (κ3) is 7.87. The van der Waals surface area contributed by atoms with E-state index < -0.39 is 0 Å². The van der Waals surface area contributed by atoms with Crippen molar-refractivity contribution in [1.29, 1.82) is 0 Å². The molecule has 4 nitrogen and oxygen atoms in total. The van der Waals surface area contributed by atoms with Crippen LogP contribution in [0, 0.1) is 13.8 Å². The predicted octanol–water partition coefficient (Wildman–Crippen LogP) is 0.681. The lowest BCUT2D eigenvalue weighted by atomic mass is 10.1. The fourth-order valence-electron chi connectivity index (χ4n) is 1.99. The Hall–Kier alpha value is -1.33. The molecule has 0 aliphatic heterocycles. The normalized spacial score (nSPS) is 10.5. The van der Waals surface area contributed by atoms with E-state index in [0.717, 1.165) is 25.3 Å². The Morgan fingerprint density at radius 3 is 2.57 bits per heavy atom. The summed E-state index contributed by atoms with van der Waals surface area (Å²) in [6, 6.07) is 6.21. The lowest BCUT2D eigenvalue weighted by molar-refractivity contribution is -0.858. The molecule has 0 aromatic heterocycles. The summed E-state index contributed by atoms with van der Waals surface area (Å²) in [5.74, 6) is 0.940. The molecular formula is C16H28N3OS+. The molecule has 0 saturated carbocycles. The first-order valence-corrected chi connectivity index (χ1v) is 7.90. The smallest absolute Gasteiger partial charge is 0.166 e. The van der Waals surface area contributed by atoms with Crippen LogP contribution < -0.4 is 20.3 Å². The number of hydrogen-bond acceptors (Lipinski definition) is 2. The van der Waals surface area contributed by atoms with E-state index in [9.17, 15) is 0 Å². The molecule has 0 unspecified atom stereocenters. The first-order valence-electron chi connectivity index (χ1n) is 7.50. The highest BCUT2D eigenvalue weighted by molar-refractivity contribution is 7.80. The molecule has 118 valence electrons. The molecule has 0 bridgehead atoms. The molecule has 3 N–H and O–H groups in total. The lowest BCUT2D eigenvalue weighted by Gasteiger charge is -2.13. The van der Waals surface area contributed by atoms with E-state index in [-0.39, 0.29) is 0 Å². The second-order valence-corrected chi connectivity index (χ2v) is 6.02. The van der Waals surface area contributed by atoms with Crippen molar-refractivity contribution in [2.45, 2.75) is 20.3 Å². The minimum atomic E-state index is 0.605. The Morgan fingerprint density at radius 1 is 1.19 bits per heavy atom. The Kier molecular flexibility index (Phi) is 8.08. The Bertz CT molecular complexity index is 449. The molecule has 0 amide bonds. The quantitative estimate of drug-likeness (QED) is 0.488. The van der Waals surface area contributed by atoms with E-state index in [2.05, 4.69) is 50.7 Å². The molecule has 21 heavy (non-hydrogen) atoms. The van der Waals surface area contributed by atoms with Crippen LogP contribution in [-0.2, 0) is 0 Å². The number of thiocarbonyl (C=S) groups is 1. The zero-order chi connectivity index (χ0) is 15.7. The van der Waals surface area contributed by atoms with Crippen LogP contribution in [0.1, 0.15) is 17.5 Å². The summed E-state index contributed by atoms with van der Waals surface area (Å²) in [5, 5.41) is 7.07. The Balaban J connectivity index is 2.12. The van der Waals surface area contributed by atoms with Gasteiger partial charge in [-0.15, -0.1) is 0 Å². The Labute approximate surface area is 133 Å². The maximum Gasteiger partial charge on any atom is 0.166 e. The van der Waals surface area contributed by atoms with Gasteiger partial charge in [0.1, 0.15) is 12.4 Å². The predicted molar refractivity (Wildman–Crippen MR) is 92.3 cm³/mol. The summed E-state index contributed by atoms with van der Waals surface area (Å²) in [5.41, 5.74) is 2.42. The summed E-state index contributed by atoms with van der Waals surface area (Å²) in [6.45, 7) is 7.51. The minimum absolute atomic E-state index is 0.605. The molecule has 5 heteroatoms. The molecule has 0 saturated heterocycles. The molecule has 0 spiro atoms. The second kappa shape index (κ2) is 9.58. The fraction of sp³-hybridized carbons (Fsp3) is 0.562. The summed E-state index contributed by atoms with van der Waals surface area (Å²) in [6.07, 6.45) is 1.11. The number of benzene rings is 1. The van der Waals surface area contributed by atoms with Crippen LogP contribution in [0.3, 0.4) is 0 Å². The second-order valence-electron chi connectivity index (χ2n) is 5.61. The van der Waals surface area contributed by atoms with Crippen molar-refractivity contribution in [1.82, 2.24) is 10.6 Å². The van der Waals surface area contributed by atoms with Crippen LogP contribution in [0.2, 0.25) is 0 Å². The highest BCUT2D eigenvalue weighted by Gasteiger charge is 2.00. The highest BCUT2D eigenvalue weighted by atomic mass is 32.1. The molecule has 0 aliphatic carbocycles. The van der Waals surface area contributed by atoms with Crippen molar-refractivity contribution in [3.05, 3.63) is 29.3 Å². The molecule has 0 aliphatic rings. The Morgan fingerprint density at radius 2 is 1.90 bits per heavy atom. The van der Waals surface area contributed by atoms with E-state index >= 15 is 0 Å². The van der Waals surface area contributed by atoms with Crippen LogP contribution in [0.5, 0.6) is 5.75 Å². The minimum Gasteiger partial charge on any atom is -0.491 e. The standard InChI is InChI=1S/C16H27N3OS/c1-13-6-7-15(14(2)12-13)20-11-9-18-16(21)17-8-5-10-19(3)4/h6-7,12H,5,8-11H2,1-4H3,(H2,17,18,21)/p+1. The molecule has 1 rings (SSSR count). The zero-order valence-corrected chi connectivity index (χ0v) is 14.4. The molecule has 0 fully saturated rings. The van der Waals surface area contributed by atoms with Crippen LogP contribution in [-0.4, -0.2) is 45.4 Å². The van der Waals surface area contributed by atoms with Crippen molar-refractivity contribution >= 4 is 17.3 Å². The maximum atomic E-state index is 5.75. The van der Waals surface area contributed by atoms with Crippen LogP contribution in [0.15, 0.2) is 18.2 Å². The largest absolute Gasteiger partial charge is 0.491 e. The third-order valence-corrected chi connectivity index (χ3v) is 3.40. The summed E-state index contributed by atoms with van der Waals surface area (Å²) >= 11 is 5.22. The first kappa shape index (κ1) is 17.7. The van der Waals surface area contributed by atoms with Gasteiger partial charge in [0.25, 0.3) is 0 Å². The number of nitrogens with one attached hydrogen (secondary N) is 3. The number of rotatable bonds is 8. The summed E-state index contributed by atoms with van der Waals surface area (Å²) < 4.78 is 5.75. The molecule has 0 radical (unpaired) electrons. The van der Waals surface area contributed by atoms with Gasteiger partial charge in [-0.05, 0) is 37.7 Å². The van der Waals surface area contributed by atoms with Gasteiger partial charge in [-0.3, -0.25) is 0 Å². The van der Waals surface area contributed by atoms with Crippen molar-refractivity contribution in [3.8, 4) is 5.75 Å². The van der Waals surface area contributed by atoms with Crippen LogP contribution in [0.25, 0.3) is 0 Å².